The predicted octanol–water partition coefficient (Wildman–Crippen LogP) is 4.69. The van der Waals surface area contributed by atoms with Gasteiger partial charge < -0.3 is 19.7 Å². The summed E-state index contributed by atoms with van der Waals surface area (Å²) in [6.45, 7) is 4.75. The molecule has 30 heavy (non-hydrogen) atoms. The lowest BCUT2D eigenvalue weighted by atomic mass is 9.97. The van der Waals surface area contributed by atoms with Crippen molar-refractivity contribution in [3.05, 3.63) is 52.0 Å². The van der Waals surface area contributed by atoms with Crippen molar-refractivity contribution in [3.63, 3.8) is 0 Å². The Morgan fingerprint density at radius 2 is 2.17 bits per heavy atom. The molecule has 3 atom stereocenters. The molecule has 0 spiro atoms. The number of benzene rings is 2. The van der Waals surface area contributed by atoms with Gasteiger partial charge >= 0.3 is 0 Å². The molecule has 1 fully saturated rings. The number of ether oxygens (including phenoxy) is 1. The molecule has 6 nitrogen and oxygen atoms in total. The summed E-state index contributed by atoms with van der Waals surface area (Å²) in [6.07, 6.45) is 1.27. The maximum Gasteiger partial charge on any atom is 0.258 e. The van der Waals surface area contributed by atoms with E-state index in [2.05, 4.69) is 44.6 Å². The topological polar surface area (TPSA) is 80.4 Å². The van der Waals surface area contributed by atoms with Crippen LogP contribution in [0.1, 0.15) is 43.4 Å². The van der Waals surface area contributed by atoms with Crippen LogP contribution < -0.4 is 10.1 Å². The Kier molecular flexibility index (Phi) is 5.13. The first-order chi connectivity index (χ1) is 14.6. The molecule has 156 valence electrons. The number of hydrogen-bond acceptors (Lipinski definition) is 6. The van der Waals surface area contributed by atoms with Crippen LogP contribution in [-0.2, 0) is 0 Å². The number of fused-ring (bicyclic) bond motifs is 3. The predicted molar refractivity (Wildman–Crippen MR) is 117 cm³/mol. The Morgan fingerprint density at radius 1 is 1.30 bits per heavy atom. The van der Waals surface area contributed by atoms with Gasteiger partial charge in [-0.15, -0.1) is 0 Å². The fraction of sp³-hybridized carbons (Fsp3) is 0.391. The molecule has 2 N–H and O–H groups in total. The van der Waals surface area contributed by atoms with E-state index < -0.39 is 0 Å². The molecule has 1 saturated carbocycles. The highest BCUT2D eigenvalue weighted by Crippen LogP contribution is 2.63. The van der Waals surface area contributed by atoms with Gasteiger partial charge in [0, 0.05) is 23.7 Å². The van der Waals surface area contributed by atoms with E-state index in [1.54, 1.807) is 0 Å². The summed E-state index contributed by atoms with van der Waals surface area (Å²) in [5.74, 6) is 3.03. The number of nitrogens with one attached hydrogen (secondary N) is 1. The highest BCUT2D eigenvalue weighted by molar-refractivity contribution is 9.10. The molecule has 2 aromatic carbocycles. The highest BCUT2D eigenvalue weighted by atomic mass is 79.9. The summed E-state index contributed by atoms with van der Waals surface area (Å²) in [5, 5.41) is 17.0. The molecule has 3 unspecified atom stereocenters. The monoisotopic (exact) mass is 469 g/mol. The fourth-order valence-electron chi connectivity index (χ4n) is 4.52. The van der Waals surface area contributed by atoms with E-state index in [9.17, 15) is 5.11 Å². The molecule has 0 bridgehead atoms. The second-order valence-corrected chi connectivity index (χ2v) is 9.06. The fourth-order valence-corrected chi connectivity index (χ4v) is 5.00. The van der Waals surface area contributed by atoms with Crippen LogP contribution in [-0.4, -0.2) is 34.5 Å². The molecule has 0 radical (unpaired) electrons. The number of hydrogen-bond donors (Lipinski definition) is 2. The van der Waals surface area contributed by atoms with Crippen molar-refractivity contribution in [2.24, 2.45) is 5.92 Å². The van der Waals surface area contributed by atoms with Gasteiger partial charge in [0.1, 0.15) is 5.75 Å². The number of nitrogens with zero attached hydrogens (tertiary/aromatic N) is 2. The van der Waals surface area contributed by atoms with Crippen LogP contribution in [0.25, 0.3) is 22.8 Å². The number of rotatable bonds is 7. The van der Waals surface area contributed by atoms with Gasteiger partial charge in [0.25, 0.3) is 5.89 Å². The van der Waals surface area contributed by atoms with Gasteiger partial charge in [-0.05, 0) is 77.4 Å². The normalized spacial score (nSPS) is 21.6. The average molecular weight is 470 g/mol. The van der Waals surface area contributed by atoms with E-state index in [0.29, 0.717) is 36.1 Å². The average Bonchev–Trinajstić information content (AvgIpc) is 3.23. The van der Waals surface area contributed by atoms with Crippen LogP contribution in [0, 0.1) is 5.92 Å². The largest absolute Gasteiger partial charge is 0.490 e. The van der Waals surface area contributed by atoms with Crippen molar-refractivity contribution in [2.75, 3.05) is 13.2 Å². The van der Waals surface area contributed by atoms with Crippen molar-refractivity contribution in [2.45, 2.75) is 38.3 Å². The standard InChI is InChI=1S/C23H24BrN3O3/c1-12(2)29-19-7-6-13(10-18(19)24)23-26-22(27-30-23)15-5-3-4-14-20(15)16-11-17(16)21(14)25-8-9-28/h3-7,10,12,16-17,21,25,28H,8-9,11H2,1-2H3. The molecule has 2 aliphatic rings. The molecule has 2 aliphatic carbocycles. The molecule has 0 saturated heterocycles. The second kappa shape index (κ2) is 7.80. The molecule has 0 aliphatic heterocycles. The summed E-state index contributed by atoms with van der Waals surface area (Å²) in [5.41, 5.74) is 4.51. The Hall–Kier alpha value is -2.22. The lowest BCUT2D eigenvalue weighted by Crippen LogP contribution is -2.24. The third-order valence-corrected chi connectivity index (χ3v) is 6.42. The van der Waals surface area contributed by atoms with E-state index in [1.165, 1.54) is 17.5 Å². The van der Waals surface area contributed by atoms with Gasteiger partial charge in [-0.3, -0.25) is 0 Å². The summed E-state index contributed by atoms with van der Waals surface area (Å²) in [7, 11) is 0. The molecule has 5 rings (SSSR count). The molecule has 1 heterocycles. The molecule has 0 amide bonds. The van der Waals surface area contributed by atoms with Crippen molar-refractivity contribution in [1.82, 2.24) is 15.5 Å². The number of aliphatic hydroxyl groups excluding tert-OH is 1. The van der Waals surface area contributed by atoms with Crippen molar-refractivity contribution in [3.8, 4) is 28.6 Å². The summed E-state index contributed by atoms with van der Waals surface area (Å²) >= 11 is 3.57. The van der Waals surface area contributed by atoms with Gasteiger partial charge in [0.05, 0.1) is 17.2 Å². The van der Waals surface area contributed by atoms with E-state index in [-0.39, 0.29) is 12.7 Å². The van der Waals surface area contributed by atoms with Crippen LogP contribution in [0.15, 0.2) is 45.4 Å². The van der Waals surface area contributed by atoms with Gasteiger partial charge in [-0.25, -0.2) is 0 Å². The van der Waals surface area contributed by atoms with Crippen LogP contribution >= 0.6 is 15.9 Å². The Balaban J connectivity index is 1.45. The van der Waals surface area contributed by atoms with Gasteiger partial charge in [-0.2, -0.15) is 4.98 Å². The molecule has 3 aromatic rings. The number of halogens is 1. The lowest BCUT2D eigenvalue weighted by molar-refractivity contribution is 0.241. The Bertz CT molecular complexity index is 1080. The van der Waals surface area contributed by atoms with Gasteiger partial charge in [0.2, 0.25) is 5.82 Å². The third-order valence-electron chi connectivity index (χ3n) is 5.80. The van der Waals surface area contributed by atoms with E-state index in [1.807, 2.05) is 32.0 Å². The zero-order valence-electron chi connectivity index (χ0n) is 16.9. The third kappa shape index (κ3) is 3.45. The molecular weight excluding hydrogens is 446 g/mol. The lowest BCUT2D eigenvalue weighted by Gasteiger charge is -2.17. The van der Waals surface area contributed by atoms with Gasteiger partial charge in [-0.1, -0.05) is 23.4 Å². The number of aliphatic hydroxyl groups is 1. The molecule has 7 heteroatoms. The van der Waals surface area contributed by atoms with Crippen LogP contribution in [0.4, 0.5) is 0 Å². The van der Waals surface area contributed by atoms with Gasteiger partial charge in [0.15, 0.2) is 0 Å². The maximum absolute atomic E-state index is 9.19. The first kappa shape index (κ1) is 19.7. The van der Waals surface area contributed by atoms with E-state index in [4.69, 9.17) is 14.2 Å². The minimum Gasteiger partial charge on any atom is -0.490 e. The first-order valence-electron chi connectivity index (χ1n) is 10.3. The second-order valence-electron chi connectivity index (χ2n) is 8.20. The van der Waals surface area contributed by atoms with E-state index >= 15 is 0 Å². The quantitative estimate of drug-likeness (QED) is 0.522. The summed E-state index contributed by atoms with van der Waals surface area (Å²) in [4.78, 5) is 4.70. The summed E-state index contributed by atoms with van der Waals surface area (Å²) in [6, 6.07) is 12.4. The van der Waals surface area contributed by atoms with Crippen molar-refractivity contribution >= 4 is 15.9 Å². The smallest absolute Gasteiger partial charge is 0.258 e. The Morgan fingerprint density at radius 3 is 2.93 bits per heavy atom. The van der Waals surface area contributed by atoms with Crippen molar-refractivity contribution in [1.29, 1.82) is 0 Å². The zero-order valence-corrected chi connectivity index (χ0v) is 18.5. The zero-order chi connectivity index (χ0) is 20.8. The molecular formula is C23H24BrN3O3. The minimum atomic E-state index is 0.101. The SMILES string of the molecule is CC(C)Oc1ccc(-c2nc(-c3cccc4c3C3CC3C4NCCO)no2)cc1Br. The van der Waals surface area contributed by atoms with Crippen LogP contribution in [0.2, 0.25) is 0 Å². The Labute approximate surface area is 183 Å². The van der Waals surface area contributed by atoms with Crippen LogP contribution in [0.5, 0.6) is 5.75 Å². The number of aromatic nitrogens is 2. The van der Waals surface area contributed by atoms with E-state index in [0.717, 1.165) is 21.3 Å². The minimum absolute atomic E-state index is 0.101. The highest BCUT2D eigenvalue weighted by Gasteiger charge is 2.52. The first-order valence-corrected chi connectivity index (χ1v) is 11.1. The van der Waals surface area contributed by atoms with Crippen molar-refractivity contribution < 1.29 is 14.4 Å². The summed E-state index contributed by atoms with van der Waals surface area (Å²) < 4.78 is 12.2. The van der Waals surface area contributed by atoms with Crippen LogP contribution in [0.3, 0.4) is 0 Å². The maximum atomic E-state index is 9.19. The molecule has 1 aromatic heterocycles.